The van der Waals surface area contributed by atoms with Crippen molar-refractivity contribution >= 4 is 21.8 Å². The number of nitrogens with one attached hydrogen (secondary N) is 1. The Labute approximate surface area is 117 Å². The molecule has 0 aromatic heterocycles. The average molecular weight is 311 g/mol. The number of benzene rings is 1. The summed E-state index contributed by atoms with van der Waals surface area (Å²) in [6.45, 7) is 3.77. The lowest BCUT2D eigenvalue weighted by Crippen LogP contribution is -2.40. The van der Waals surface area contributed by atoms with Gasteiger partial charge in [0.05, 0.1) is 0 Å². The van der Waals surface area contributed by atoms with Crippen molar-refractivity contribution < 1.29 is 4.79 Å². The molecule has 1 saturated heterocycles. The molecule has 1 heterocycles. The maximum Gasteiger partial charge on any atom is 0.254 e. The average Bonchev–Trinajstić information content (AvgIpc) is 2.80. The zero-order chi connectivity index (χ0) is 13.1. The fraction of sp³-hybridized carbons (Fsp3) is 0.500. The van der Waals surface area contributed by atoms with Crippen LogP contribution in [0.15, 0.2) is 22.7 Å². The van der Waals surface area contributed by atoms with Gasteiger partial charge in [-0.15, -0.1) is 0 Å². The molecule has 0 radical (unpaired) electrons. The zero-order valence-electron chi connectivity index (χ0n) is 10.9. The largest absolute Gasteiger partial charge is 0.334 e. The first-order valence-electron chi connectivity index (χ1n) is 6.35. The Hall–Kier alpha value is -0.870. The monoisotopic (exact) mass is 310 g/mol. The van der Waals surface area contributed by atoms with Gasteiger partial charge in [0.15, 0.2) is 0 Å². The summed E-state index contributed by atoms with van der Waals surface area (Å²) in [7, 11) is 1.93. The fourth-order valence-electron chi connectivity index (χ4n) is 2.44. The normalized spacial score (nSPS) is 19.3. The molecule has 0 saturated carbocycles. The van der Waals surface area contributed by atoms with E-state index in [1.54, 1.807) is 0 Å². The van der Waals surface area contributed by atoms with Crippen molar-refractivity contribution in [1.29, 1.82) is 0 Å². The third-order valence-electron chi connectivity index (χ3n) is 3.50. The summed E-state index contributed by atoms with van der Waals surface area (Å²) in [4.78, 5) is 14.5. The highest BCUT2D eigenvalue weighted by Crippen LogP contribution is 2.23. The molecule has 1 aromatic rings. The van der Waals surface area contributed by atoms with Gasteiger partial charge < -0.3 is 10.2 Å². The van der Waals surface area contributed by atoms with E-state index in [2.05, 4.69) is 21.2 Å². The Kier molecular flexibility index (Phi) is 4.40. The number of carbonyl (C=O) groups excluding carboxylic acids is 1. The van der Waals surface area contributed by atoms with Crippen LogP contribution in [0.4, 0.5) is 0 Å². The molecular weight excluding hydrogens is 292 g/mol. The molecule has 0 bridgehead atoms. The molecular formula is C14H19BrN2O. The first kappa shape index (κ1) is 13.6. The molecule has 1 aliphatic heterocycles. The number of carbonyl (C=O) groups is 1. The summed E-state index contributed by atoms with van der Waals surface area (Å²) < 4.78 is 0.998. The first-order chi connectivity index (χ1) is 8.63. The lowest BCUT2D eigenvalue weighted by molar-refractivity contribution is 0.0737. The molecule has 1 N–H and O–H groups in total. The van der Waals surface area contributed by atoms with E-state index in [9.17, 15) is 4.79 Å². The maximum absolute atomic E-state index is 12.5. The van der Waals surface area contributed by atoms with E-state index in [4.69, 9.17) is 0 Å². The SMILES string of the molecule is CNCC1CCCN1C(=O)c1ccc(C)c(Br)c1. The summed E-state index contributed by atoms with van der Waals surface area (Å²) in [6.07, 6.45) is 2.20. The molecule has 1 aliphatic rings. The molecule has 4 heteroatoms. The first-order valence-corrected chi connectivity index (χ1v) is 7.14. The smallest absolute Gasteiger partial charge is 0.254 e. The summed E-state index contributed by atoms with van der Waals surface area (Å²) in [5, 5.41) is 3.16. The Morgan fingerprint density at radius 1 is 1.56 bits per heavy atom. The zero-order valence-corrected chi connectivity index (χ0v) is 12.5. The number of aryl methyl sites for hydroxylation is 1. The van der Waals surface area contributed by atoms with Crippen molar-refractivity contribution in [3.63, 3.8) is 0 Å². The summed E-state index contributed by atoms with van der Waals surface area (Å²) >= 11 is 3.49. The molecule has 1 atom stereocenters. The van der Waals surface area contributed by atoms with Gasteiger partial charge in [-0.05, 0) is 44.5 Å². The molecule has 0 aliphatic carbocycles. The summed E-state index contributed by atoms with van der Waals surface area (Å²) in [5.74, 6) is 0.147. The van der Waals surface area contributed by atoms with Gasteiger partial charge in [0, 0.05) is 29.2 Å². The standard InChI is InChI=1S/C14H19BrN2O/c1-10-5-6-11(8-13(10)15)14(18)17-7-3-4-12(17)9-16-2/h5-6,8,12,16H,3-4,7,9H2,1-2H3. The van der Waals surface area contributed by atoms with Gasteiger partial charge in [-0.25, -0.2) is 0 Å². The number of likely N-dealkylation sites (N-methyl/N-ethyl adjacent to an activating group) is 1. The second-order valence-corrected chi connectivity index (χ2v) is 5.67. The van der Waals surface area contributed by atoms with Gasteiger partial charge >= 0.3 is 0 Å². The second kappa shape index (κ2) is 5.85. The molecule has 1 aromatic carbocycles. The topological polar surface area (TPSA) is 32.3 Å². The van der Waals surface area contributed by atoms with Crippen LogP contribution in [0.3, 0.4) is 0 Å². The van der Waals surface area contributed by atoms with E-state index in [0.717, 1.165) is 41.5 Å². The van der Waals surface area contributed by atoms with Crippen molar-refractivity contribution in [2.45, 2.75) is 25.8 Å². The molecule has 1 fully saturated rings. The second-order valence-electron chi connectivity index (χ2n) is 4.82. The van der Waals surface area contributed by atoms with Crippen LogP contribution < -0.4 is 5.32 Å². The molecule has 2 rings (SSSR count). The van der Waals surface area contributed by atoms with E-state index in [-0.39, 0.29) is 5.91 Å². The molecule has 1 amide bonds. The Balaban J connectivity index is 2.17. The van der Waals surface area contributed by atoms with Gasteiger partial charge in [-0.3, -0.25) is 4.79 Å². The lowest BCUT2D eigenvalue weighted by Gasteiger charge is -2.24. The van der Waals surface area contributed by atoms with Crippen LogP contribution in [0.25, 0.3) is 0 Å². The van der Waals surface area contributed by atoms with Gasteiger partial charge in [-0.1, -0.05) is 22.0 Å². The van der Waals surface area contributed by atoms with Crippen molar-refractivity contribution in [2.75, 3.05) is 20.1 Å². The van der Waals surface area contributed by atoms with Gasteiger partial charge in [-0.2, -0.15) is 0 Å². The number of hydrogen-bond donors (Lipinski definition) is 1. The predicted octanol–water partition coefficient (Wildman–Crippen LogP) is 2.58. The molecule has 18 heavy (non-hydrogen) atoms. The Morgan fingerprint density at radius 2 is 2.33 bits per heavy atom. The molecule has 0 spiro atoms. The van der Waals surface area contributed by atoms with E-state index >= 15 is 0 Å². The number of hydrogen-bond acceptors (Lipinski definition) is 2. The fourth-order valence-corrected chi connectivity index (χ4v) is 2.82. The van der Waals surface area contributed by atoms with E-state index in [1.807, 2.05) is 37.1 Å². The third kappa shape index (κ3) is 2.75. The van der Waals surface area contributed by atoms with Crippen LogP contribution in [-0.4, -0.2) is 37.0 Å². The summed E-state index contributed by atoms with van der Waals surface area (Å²) in [6, 6.07) is 6.16. The highest BCUT2D eigenvalue weighted by molar-refractivity contribution is 9.10. The third-order valence-corrected chi connectivity index (χ3v) is 4.35. The van der Waals surface area contributed by atoms with Crippen molar-refractivity contribution in [3.8, 4) is 0 Å². The summed E-state index contributed by atoms with van der Waals surface area (Å²) in [5.41, 5.74) is 1.93. The van der Waals surface area contributed by atoms with Crippen LogP contribution in [0.5, 0.6) is 0 Å². The predicted molar refractivity (Wildman–Crippen MR) is 76.9 cm³/mol. The number of nitrogens with zero attached hydrogens (tertiary/aromatic N) is 1. The van der Waals surface area contributed by atoms with Gasteiger partial charge in [0.25, 0.3) is 5.91 Å². The molecule has 1 unspecified atom stereocenters. The minimum atomic E-state index is 0.147. The van der Waals surface area contributed by atoms with Crippen LogP contribution in [-0.2, 0) is 0 Å². The number of likely N-dealkylation sites (tertiary alicyclic amines) is 1. The van der Waals surface area contributed by atoms with Gasteiger partial charge in [0.1, 0.15) is 0 Å². The number of amides is 1. The quantitative estimate of drug-likeness (QED) is 0.930. The lowest BCUT2D eigenvalue weighted by atomic mass is 10.1. The highest BCUT2D eigenvalue weighted by Gasteiger charge is 2.28. The minimum Gasteiger partial charge on any atom is -0.334 e. The Bertz CT molecular complexity index is 447. The number of rotatable bonds is 3. The van der Waals surface area contributed by atoms with E-state index in [1.165, 1.54) is 0 Å². The number of halogens is 1. The van der Waals surface area contributed by atoms with Crippen LogP contribution in [0, 0.1) is 6.92 Å². The van der Waals surface area contributed by atoms with Crippen molar-refractivity contribution in [2.24, 2.45) is 0 Å². The van der Waals surface area contributed by atoms with E-state index in [0.29, 0.717) is 6.04 Å². The van der Waals surface area contributed by atoms with Crippen LogP contribution in [0.1, 0.15) is 28.8 Å². The highest BCUT2D eigenvalue weighted by atomic mass is 79.9. The Morgan fingerprint density at radius 3 is 3.00 bits per heavy atom. The van der Waals surface area contributed by atoms with Crippen molar-refractivity contribution in [3.05, 3.63) is 33.8 Å². The van der Waals surface area contributed by atoms with Crippen LogP contribution in [0.2, 0.25) is 0 Å². The minimum absolute atomic E-state index is 0.147. The van der Waals surface area contributed by atoms with Crippen LogP contribution >= 0.6 is 15.9 Å². The van der Waals surface area contributed by atoms with Crippen molar-refractivity contribution in [1.82, 2.24) is 10.2 Å². The van der Waals surface area contributed by atoms with E-state index < -0.39 is 0 Å². The molecule has 98 valence electrons. The molecule has 3 nitrogen and oxygen atoms in total. The van der Waals surface area contributed by atoms with Gasteiger partial charge in [0.2, 0.25) is 0 Å². The maximum atomic E-state index is 12.5.